The van der Waals surface area contributed by atoms with Crippen molar-refractivity contribution in [2.45, 2.75) is 0 Å². The average molecular weight is 258 g/mol. The van der Waals surface area contributed by atoms with Crippen LogP contribution in [0.1, 0.15) is 0 Å². The third kappa shape index (κ3) is 2.59. The van der Waals surface area contributed by atoms with E-state index >= 15 is 0 Å². The van der Waals surface area contributed by atoms with Crippen molar-refractivity contribution in [1.82, 2.24) is 10.2 Å². The van der Waals surface area contributed by atoms with E-state index < -0.39 is 5.82 Å². The Kier molecular flexibility index (Phi) is 3.22. The Labute approximate surface area is 101 Å². The number of aromatic nitrogens is 2. The lowest BCUT2D eigenvalue weighted by Gasteiger charge is -2.06. The molecular formula is C10H6Cl2FN3. The van der Waals surface area contributed by atoms with E-state index in [1.807, 2.05) is 0 Å². The van der Waals surface area contributed by atoms with Gasteiger partial charge in [-0.2, -0.15) is 0 Å². The molecule has 0 spiro atoms. The SMILES string of the molecule is Fc1ccc(Cl)cc1Nc1ccc(Cl)nn1. The molecule has 0 amide bonds. The maximum absolute atomic E-state index is 13.3. The number of nitrogens with zero attached hydrogens (tertiary/aromatic N) is 2. The zero-order valence-electron chi connectivity index (χ0n) is 7.92. The summed E-state index contributed by atoms with van der Waals surface area (Å²) >= 11 is 11.3. The largest absolute Gasteiger partial charge is 0.336 e. The van der Waals surface area contributed by atoms with Gasteiger partial charge in [0.05, 0.1) is 5.69 Å². The molecule has 0 radical (unpaired) electrons. The minimum atomic E-state index is -0.416. The van der Waals surface area contributed by atoms with Crippen LogP contribution in [-0.4, -0.2) is 10.2 Å². The number of benzene rings is 1. The highest BCUT2D eigenvalue weighted by Crippen LogP contribution is 2.22. The first kappa shape index (κ1) is 11.1. The molecule has 82 valence electrons. The average Bonchev–Trinajstić information content (AvgIpc) is 2.27. The van der Waals surface area contributed by atoms with Crippen LogP contribution in [0.5, 0.6) is 0 Å². The smallest absolute Gasteiger partial charge is 0.153 e. The van der Waals surface area contributed by atoms with Crippen LogP contribution in [0.15, 0.2) is 30.3 Å². The van der Waals surface area contributed by atoms with E-state index in [-0.39, 0.29) is 10.8 Å². The van der Waals surface area contributed by atoms with Crippen molar-refractivity contribution in [3.05, 3.63) is 46.3 Å². The normalized spacial score (nSPS) is 10.2. The fraction of sp³-hybridized carbons (Fsp3) is 0. The van der Waals surface area contributed by atoms with E-state index in [1.165, 1.54) is 18.2 Å². The molecule has 1 N–H and O–H groups in total. The van der Waals surface area contributed by atoms with Crippen molar-refractivity contribution >= 4 is 34.7 Å². The van der Waals surface area contributed by atoms with Gasteiger partial charge >= 0.3 is 0 Å². The Hall–Kier alpha value is -1.39. The van der Waals surface area contributed by atoms with Crippen molar-refractivity contribution in [3.63, 3.8) is 0 Å². The Morgan fingerprint density at radius 3 is 2.56 bits per heavy atom. The summed E-state index contributed by atoms with van der Waals surface area (Å²) in [5.41, 5.74) is 0.240. The van der Waals surface area contributed by atoms with Crippen LogP contribution < -0.4 is 5.32 Å². The minimum absolute atomic E-state index is 0.240. The summed E-state index contributed by atoms with van der Waals surface area (Å²) < 4.78 is 13.3. The van der Waals surface area contributed by atoms with Gasteiger partial charge < -0.3 is 5.32 Å². The fourth-order valence-corrected chi connectivity index (χ4v) is 1.39. The summed E-state index contributed by atoms with van der Waals surface area (Å²) in [6.45, 7) is 0. The Bertz CT molecular complexity index is 502. The van der Waals surface area contributed by atoms with E-state index in [0.29, 0.717) is 10.8 Å². The maximum atomic E-state index is 13.3. The van der Waals surface area contributed by atoms with Gasteiger partial charge in [0, 0.05) is 5.02 Å². The highest BCUT2D eigenvalue weighted by atomic mass is 35.5. The van der Waals surface area contributed by atoms with Gasteiger partial charge in [-0.25, -0.2) is 4.39 Å². The van der Waals surface area contributed by atoms with Gasteiger partial charge in [-0.3, -0.25) is 0 Å². The van der Waals surface area contributed by atoms with Gasteiger partial charge in [-0.1, -0.05) is 23.2 Å². The second-order valence-corrected chi connectivity index (χ2v) is 3.81. The van der Waals surface area contributed by atoms with Crippen LogP contribution in [0.2, 0.25) is 10.2 Å². The molecule has 1 heterocycles. The van der Waals surface area contributed by atoms with Gasteiger partial charge in [-0.15, -0.1) is 10.2 Å². The van der Waals surface area contributed by atoms with E-state index in [4.69, 9.17) is 23.2 Å². The Morgan fingerprint density at radius 1 is 1.06 bits per heavy atom. The third-order valence-electron chi connectivity index (χ3n) is 1.82. The summed E-state index contributed by atoms with van der Waals surface area (Å²) in [6.07, 6.45) is 0. The highest BCUT2D eigenvalue weighted by Gasteiger charge is 2.04. The fourth-order valence-electron chi connectivity index (χ4n) is 1.11. The first-order chi connectivity index (χ1) is 7.65. The summed E-state index contributed by atoms with van der Waals surface area (Å²) in [7, 11) is 0. The molecule has 1 aromatic heterocycles. The molecule has 0 fully saturated rings. The lowest BCUT2D eigenvalue weighted by molar-refractivity contribution is 0.631. The molecule has 0 unspecified atom stereocenters. The van der Waals surface area contributed by atoms with Crippen molar-refractivity contribution in [2.24, 2.45) is 0 Å². The lowest BCUT2D eigenvalue weighted by atomic mass is 10.3. The van der Waals surface area contributed by atoms with Crippen molar-refractivity contribution in [1.29, 1.82) is 0 Å². The molecule has 0 atom stereocenters. The number of halogens is 3. The molecule has 0 bridgehead atoms. The van der Waals surface area contributed by atoms with E-state index in [1.54, 1.807) is 12.1 Å². The zero-order valence-corrected chi connectivity index (χ0v) is 9.43. The molecule has 6 heteroatoms. The Morgan fingerprint density at radius 2 is 1.88 bits per heavy atom. The van der Waals surface area contributed by atoms with E-state index in [9.17, 15) is 4.39 Å². The summed E-state index contributed by atoms with van der Waals surface area (Å²) in [5.74, 6) is -0.0216. The van der Waals surface area contributed by atoms with Crippen LogP contribution >= 0.6 is 23.2 Å². The van der Waals surface area contributed by atoms with E-state index in [0.717, 1.165) is 0 Å². The van der Waals surface area contributed by atoms with Crippen LogP contribution in [-0.2, 0) is 0 Å². The molecule has 2 rings (SSSR count). The highest BCUT2D eigenvalue weighted by molar-refractivity contribution is 6.30. The predicted molar refractivity (Wildman–Crippen MR) is 61.7 cm³/mol. The number of hydrogen-bond acceptors (Lipinski definition) is 3. The van der Waals surface area contributed by atoms with Crippen molar-refractivity contribution < 1.29 is 4.39 Å². The van der Waals surface area contributed by atoms with Crippen LogP contribution in [0.25, 0.3) is 0 Å². The number of anilines is 2. The molecule has 2 aromatic rings. The monoisotopic (exact) mass is 257 g/mol. The van der Waals surface area contributed by atoms with Crippen LogP contribution in [0.3, 0.4) is 0 Å². The second-order valence-electron chi connectivity index (χ2n) is 2.99. The van der Waals surface area contributed by atoms with Crippen molar-refractivity contribution in [3.8, 4) is 0 Å². The molecule has 0 saturated carbocycles. The van der Waals surface area contributed by atoms with Crippen LogP contribution in [0.4, 0.5) is 15.9 Å². The molecule has 0 aliphatic heterocycles. The first-order valence-corrected chi connectivity index (χ1v) is 5.12. The predicted octanol–water partition coefficient (Wildman–Crippen LogP) is 3.67. The summed E-state index contributed by atoms with van der Waals surface area (Å²) in [4.78, 5) is 0. The standard InChI is InChI=1S/C10H6Cl2FN3/c11-6-1-2-7(13)8(5-6)14-10-4-3-9(12)15-16-10/h1-5H,(H,14,16). The second kappa shape index (κ2) is 4.63. The molecule has 0 saturated heterocycles. The number of rotatable bonds is 2. The van der Waals surface area contributed by atoms with E-state index in [2.05, 4.69) is 15.5 Å². The number of hydrogen-bond donors (Lipinski definition) is 1. The summed E-state index contributed by atoms with van der Waals surface area (Å²) in [6, 6.07) is 7.35. The van der Waals surface area contributed by atoms with Crippen molar-refractivity contribution in [2.75, 3.05) is 5.32 Å². The molecule has 0 aliphatic rings. The van der Waals surface area contributed by atoms with Gasteiger partial charge in [0.2, 0.25) is 0 Å². The maximum Gasteiger partial charge on any atom is 0.153 e. The topological polar surface area (TPSA) is 37.8 Å². The molecular weight excluding hydrogens is 252 g/mol. The van der Waals surface area contributed by atoms with Gasteiger partial charge in [0.15, 0.2) is 11.0 Å². The molecule has 3 nitrogen and oxygen atoms in total. The third-order valence-corrected chi connectivity index (χ3v) is 2.26. The lowest BCUT2D eigenvalue weighted by Crippen LogP contribution is -1.97. The number of nitrogens with one attached hydrogen (secondary N) is 1. The quantitative estimate of drug-likeness (QED) is 0.893. The zero-order chi connectivity index (χ0) is 11.5. The van der Waals surface area contributed by atoms with Gasteiger partial charge in [-0.05, 0) is 30.3 Å². The molecule has 1 aromatic carbocycles. The summed E-state index contributed by atoms with van der Waals surface area (Å²) in [5, 5.41) is 10.8. The van der Waals surface area contributed by atoms with Crippen LogP contribution in [0, 0.1) is 5.82 Å². The first-order valence-electron chi connectivity index (χ1n) is 4.36. The molecule has 0 aliphatic carbocycles. The van der Waals surface area contributed by atoms with Gasteiger partial charge in [0.1, 0.15) is 5.82 Å². The minimum Gasteiger partial charge on any atom is -0.336 e. The molecule has 16 heavy (non-hydrogen) atoms. The van der Waals surface area contributed by atoms with Gasteiger partial charge in [0.25, 0.3) is 0 Å². The Balaban J connectivity index is 2.26.